The van der Waals surface area contributed by atoms with Gasteiger partial charge in [-0.3, -0.25) is 14.5 Å². The first-order valence-corrected chi connectivity index (χ1v) is 12.4. The SMILES string of the molecule is C#CCC(CC#C)C(=O)OCCOCC.C#CCC(O)CC#C.C#CCN(CC#C)C(=O)CN1CCCC1. The van der Waals surface area contributed by atoms with Crippen LogP contribution in [-0.4, -0.2) is 85.4 Å². The van der Waals surface area contributed by atoms with Gasteiger partial charge in [-0.05, 0) is 32.9 Å². The Bertz CT molecular complexity index is 863. The van der Waals surface area contributed by atoms with E-state index in [1.807, 2.05) is 6.92 Å². The number of nitrogens with zero attached hydrogens (tertiary/aromatic N) is 2. The lowest BCUT2D eigenvalue weighted by atomic mass is 10.0. The molecule has 1 aliphatic rings. The van der Waals surface area contributed by atoms with Gasteiger partial charge in [-0.15, -0.1) is 62.2 Å². The number of aliphatic hydroxyl groups is 1. The van der Waals surface area contributed by atoms with Gasteiger partial charge in [0, 0.05) is 32.3 Å². The molecule has 0 atom stereocenters. The number of hydrogen-bond acceptors (Lipinski definition) is 6. The van der Waals surface area contributed by atoms with Crippen molar-refractivity contribution in [3.63, 3.8) is 0 Å². The molecule has 1 aliphatic heterocycles. The van der Waals surface area contributed by atoms with Crippen molar-refractivity contribution in [2.75, 3.05) is 52.5 Å². The summed E-state index contributed by atoms with van der Waals surface area (Å²) < 4.78 is 9.98. The van der Waals surface area contributed by atoms with Crippen molar-refractivity contribution < 1.29 is 24.2 Å². The van der Waals surface area contributed by atoms with Crippen LogP contribution in [0.25, 0.3) is 0 Å². The zero-order valence-corrected chi connectivity index (χ0v) is 22.5. The predicted octanol–water partition coefficient (Wildman–Crippen LogP) is 1.80. The summed E-state index contributed by atoms with van der Waals surface area (Å²) in [5.41, 5.74) is 0. The Hall–Kier alpha value is -3.82. The minimum Gasteiger partial charge on any atom is -0.463 e. The minimum atomic E-state index is -0.509. The summed E-state index contributed by atoms with van der Waals surface area (Å²) in [6, 6.07) is 0. The highest BCUT2D eigenvalue weighted by Gasteiger charge is 2.19. The smallest absolute Gasteiger partial charge is 0.310 e. The molecule has 0 aromatic carbocycles. The molecular weight excluding hydrogens is 480 g/mol. The Morgan fingerprint density at radius 2 is 1.34 bits per heavy atom. The molecule has 204 valence electrons. The maximum Gasteiger partial charge on any atom is 0.310 e. The van der Waals surface area contributed by atoms with Crippen LogP contribution in [-0.2, 0) is 19.1 Å². The quantitative estimate of drug-likeness (QED) is 0.227. The topological polar surface area (TPSA) is 79.3 Å². The molecule has 38 heavy (non-hydrogen) atoms. The van der Waals surface area contributed by atoms with Crippen LogP contribution in [0.1, 0.15) is 45.4 Å². The second kappa shape index (κ2) is 26.2. The lowest BCUT2D eigenvalue weighted by molar-refractivity contribution is -0.149. The van der Waals surface area contributed by atoms with Gasteiger partial charge in [0.25, 0.3) is 0 Å². The average molecular weight is 521 g/mol. The predicted molar refractivity (Wildman–Crippen MR) is 151 cm³/mol. The van der Waals surface area contributed by atoms with Crippen LogP contribution in [0.15, 0.2) is 0 Å². The number of esters is 1. The number of carbonyl (C=O) groups is 2. The molecule has 0 aliphatic carbocycles. The third-order valence-corrected chi connectivity index (χ3v) is 4.92. The van der Waals surface area contributed by atoms with E-state index in [9.17, 15) is 9.59 Å². The van der Waals surface area contributed by atoms with Crippen molar-refractivity contribution in [1.29, 1.82) is 0 Å². The third-order valence-electron chi connectivity index (χ3n) is 4.92. The van der Waals surface area contributed by atoms with Crippen LogP contribution in [0.2, 0.25) is 0 Å². The van der Waals surface area contributed by atoms with E-state index in [1.165, 1.54) is 12.8 Å². The molecule has 1 N–H and O–H groups in total. The highest BCUT2D eigenvalue weighted by molar-refractivity contribution is 5.78. The van der Waals surface area contributed by atoms with Gasteiger partial charge in [-0.1, -0.05) is 11.8 Å². The molecule has 0 spiro atoms. The number of likely N-dealkylation sites (tertiary alicyclic amines) is 1. The lowest BCUT2D eigenvalue weighted by Crippen LogP contribution is -2.39. The van der Waals surface area contributed by atoms with Crippen LogP contribution < -0.4 is 0 Å². The molecule has 0 aromatic rings. The Labute approximate surface area is 230 Å². The Kier molecular flexibility index (Phi) is 25.1. The molecule has 1 rings (SSSR count). The van der Waals surface area contributed by atoms with Crippen LogP contribution in [0.5, 0.6) is 0 Å². The number of ether oxygens (including phenoxy) is 2. The molecule has 1 heterocycles. The van der Waals surface area contributed by atoms with E-state index < -0.39 is 6.10 Å². The van der Waals surface area contributed by atoms with Crippen LogP contribution >= 0.6 is 0 Å². The van der Waals surface area contributed by atoms with Crippen LogP contribution in [0.4, 0.5) is 0 Å². The summed E-state index contributed by atoms with van der Waals surface area (Å²) in [5, 5.41) is 8.76. The van der Waals surface area contributed by atoms with Crippen LogP contribution in [0, 0.1) is 80.0 Å². The Balaban J connectivity index is 0. The van der Waals surface area contributed by atoms with Gasteiger partial charge >= 0.3 is 5.97 Å². The van der Waals surface area contributed by atoms with Crippen molar-refractivity contribution in [2.45, 2.75) is 51.6 Å². The fraction of sp³-hybridized carbons (Fsp3) is 0.548. The minimum absolute atomic E-state index is 0.0350. The summed E-state index contributed by atoms with van der Waals surface area (Å²) in [7, 11) is 0. The number of rotatable bonds is 13. The van der Waals surface area contributed by atoms with Gasteiger partial charge in [0.2, 0.25) is 5.91 Å². The fourth-order valence-corrected chi connectivity index (χ4v) is 3.02. The normalized spacial score (nSPS) is 11.5. The van der Waals surface area contributed by atoms with E-state index in [2.05, 4.69) is 40.4 Å². The van der Waals surface area contributed by atoms with Crippen molar-refractivity contribution >= 4 is 11.9 Å². The lowest BCUT2D eigenvalue weighted by Gasteiger charge is -2.21. The third kappa shape index (κ3) is 20.4. The van der Waals surface area contributed by atoms with E-state index in [0.29, 0.717) is 58.5 Å². The first-order chi connectivity index (χ1) is 18.3. The van der Waals surface area contributed by atoms with Gasteiger partial charge in [-0.2, -0.15) is 0 Å². The van der Waals surface area contributed by atoms with Crippen molar-refractivity contribution in [1.82, 2.24) is 9.80 Å². The summed E-state index contributed by atoms with van der Waals surface area (Å²) >= 11 is 0. The molecule has 0 saturated carbocycles. The summed E-state index contributed by atoms with van der Waals surface area (Å²) in [6.45, 7) is 6.20. The Morgan fingerprint density at radius 3 is 1.76 bits per heavy atom. The van der Waals surface area contributed by atoms with E-state index in [0.717, 1.165) is 13.1 Å². The molecule has 0 aromatic heterocycles. The van der Waals surface area contributed by atoms with Gasteiger partial charge in [0.05, 0.1) is 38.3 Å². The van der Waals surface area contributed by atoms with Crippen molar-refractivity contribution in [3.8, 4) is 74.1 Å². The van der Waals surface area contributed by atoms with E-state index in [1.54, 1.807) is 4.90 Å². The second-order valence-corrected chi connectivity index (χ2v) is 7.99. The standard InChI is InChI=1S/C12H16N2O.C12H16O3.C7H8O/c1-3-7-14(8-4-2)12(15)11-13-9-5-6-10-13;1-4-7-11(8-5-2)12(13)15-10-9-14-6-3;1-3-5-7(8)6-4-2/h1-2H,5-11H2;1-2,11H,6-10H2,3H3;1-2,7-8H,5-6H2. The highest BCUT2D eigenvalue weighted by atomic mass is 16.6. The van der Waals surface area contributed by atoms with E-state index in [4.69, 9.17) is 53.1 Å². The molecule has 7 heteroatoms. The zero-order chi connectivity index (χ0) is 29.0. The first-order valence-electron chi connectivity index (χ1n) is 12.4. The molecule has 0 radical (unpaired) electrons. The summed E-state index contributed by atoms with van der Waals surface area (Å²) in [4.78, 5) is 26.9. The first kappa shape index (κ1) is 36.3. The van der Waals surface area contributed by atoms with Gasteiger partial charge in [-0.25, -0.2) is 0 Å². The molecule has 1 amide bonds. The van der Waals surface area contributed by atoms with Crippen molar-refractivity contribution in [2.24, 2.45) is 5.92 Å². The number of amides is 1. The second-order valence-electron chi connectivity index (χ2n) is 7.99. The number of hydrogen-bond donors (Lipinski definition) is 1. The maximum atomic E-state index is 11.8. The monoisotopic (exact) mass is 520 g/mol. The van der Waals surface area contributed by atoms with E-state index >= 15 is 0 Å². The van der Waals surface area contributed by atoms with Gasteiger partial charge in [0.15, 0.2) is 0 Å². The molecule has 7 nitrogen and oxygen atoms in total. The maximum absolute atomic E-state index is 11.8. The van der Waals surface area contributed by atoms with Gasteiger partial charge < -0.3 is 19.5 Å². The number of terminal acetylenes is 6. The van der Waals surface area contributed by atoms with Crippen LogP contribution in [0.3, 0.4) is 0 Å². The molecule has 1 fully saturated rings. The van der Waals surface area contributed by atoms with Gasteiger partial charge in [0.1, 0.15) is 6.61 Å². The van der Waals surface area contributed by atoms with E-state index in [-0.39, 0.29) is 24.4 Å². The average Bonchev–Trinajstić information content (AvgIpc) is 3.40. The molecule has 0 bridgehead atoms. The molecular formula is C31H40N2O5. The van der Waals surface area contributed by atoms with Crippen molar-refractivity contribution in [3.05, 3.63) is 0 Å². The Morgan fingerprint density at radius 1 is 0.842 bits per heavy atom. The highest BCUT2D eigenvalue weighted by Crippen LogP contribution is 2.09. The largest absolute Gasteiger partial charge is 0.463 e. The summed E-state index contributed by atoms with van der Waals surface area (Å²) in [6.07, 6.45) is 33.6. The molecule has 0 unspecified atom stereocenters. The number of aliphatic hydroxyl groups excluding tert-OH is 1. The summed E-state index contributed by atoms with van der Waals surface area (Å²) in [5.74, 6) is 13.6. The molecule has 1 saturated heterocycles. The fourth-order valence-electron chi connectivity index (χ4n) is 3.02. The zero-order valence-electron chi connectivity index (χ0n) is 22.5. The number of carbonyl (C=O) groups excluding carboxylic acids is 2.